The second kappa shape index (κ2) is 15.9. The number of thiophene rings is 2. The van der Waals surface area contributed by atoms with Crippen molar-refractivity contribution < 1.29 is 0 Å². The maximum atomic E-state index is 2.55. The smallest absolute Gasteiger partial charge is 0.0640 e. The molecule has 0 N–H and O–H groups in total. The lowest BCUT2D eigenvalue weighted by molar-refractivity contribution is 1.18. The van der Waals surface area contributed by atoms with Crippen LogP contribution < -0.4 is 9.80 Å². The Morgan fingerprint density at radius 1 is 0.282 bits per heavy atom. The van der Waals surface area contributed by atoms with Crippen LogP contribution in [0.25, 0.3) is 100 Å². The molecule has 0 bridgehead atoms. The number of rotatable bonds is 7. The van der Waals surface area contributed by atoms with Gasteiger partial charge in [-0.15, -0.1) is 22.7 Å². The SMILES string of the molecule is c1ccc(N(c2cc3c(c4ccccc24)c2c4ccccc4c(N(c4ccccc4)c4cccc5c4sc4ccccc45)cc2n3-c2ccc3ccccc3c2)c2cccc3c2sc2ccccc23)cc1. The molecule has 3 heterocycles. The van der Waals surface area contributed by atoms with Crippen LogP contribution in [0, 0.1) is 0 Å². The van der Waals surface area contributed by atoms with Crippen LogP contribution in [0.2, 0.25) is 0 Å². The third-order valence-corrected chi connectivity index (χ3v) is 16.9. The van der Waals surface area contributed by atoms with Gasteiger partial charge in [-0.1, -0.05) is 176 Å². The van der Waals surface area contributed by atoms with Gasteiger partial charge in [-0.25, -0.2) is 0 Å². The summed E-state index contributed by atoms with van der Waals surface area (Å²) >= 11 is 3.75. The summed E-state index contributed by atoms with van der Waals surface area (Å²) < 4.78 is 7.66. The molecular formula is C66H41N3S2. The monoisotopic (exact) mass is 939 g/mol. The van der Waals surface area contributed by atoms with Crippen molar-refractivity contribution in [1.29, 1.82) is 0 Å². The lowest BCUT2D eigenvalue weighted by Crippen LogP contribution is -2.11. The minimum absolute atomic E-state index is 1.11. The van der Waals surface area contributed by atoms with E-state index in [9.17, 15) is 0 Å². The van der Waals surface area contributed by atoms with Crippen LogP contribution in [-0.2, 0) is 0 Å². The first-order valence-corrected chi connectivity index (χ1v) is 25.8. The van der Waals surface area contributed by atoms with Gasteiger partial charge in [0.05, 0.1) is 43.2 Å². The predicted octanol–water partition coefficient (Wildman–Crippen LogP) is 19.9. The van der Waals surface area contributed by atoms with E-state index in [2.05, 4.69) is 263 Å². The average Bonchev–Trinajstić information content (AvgIpc) is 4.13. The molecule has 12 aromatic carbocycles. The Hall–Kier alpha value is -8.74. The highest BCUT2D eigenvalue weighted by Crippen LogP contribution is 2.53. The summed E-state index contributed by atoms with van der Waals surface area (Å²) in [7, 11) is 0. The largest absolute Gasteiger partial charge is 0.309 e. The molecular weight excluding hydrogens is 899 g/mol. The molecule has 3 aromatic heterocycles. The lowest BCUT2D eigenvalue weighted by atomic mass is 9.96. The van der Waals surface area contributed by atoms with E-state index >= 15 is 0 Å². The van der Waals surface area contributed by atoms with Gasteiger partial charge < -0.3 is 14.4 Å². The first kappa shape index (κ1) is 40.2. The van der Waals surface area contributed by atoms with E-state index in [1.165, 1.54) is 83.4 Å². The maximum Gasteiger partial charge on any atom is 0.0640 e. The molecule has 0 radical (unpaired) electrons. The van der Waals surface area contributed by atoms with Crippen LogP contribution in [0.4, 0.5) is 34.1 Å². The van der Waals surface area contributed by atoms with Crippen LogP contribution in [0.3, 0.4) is 0 Å². The molecule has 5 heteroatoms. The molecule has 3 nitrogen and oxygen atoms in total. The van der Waals surface area contributed by atoms with Crippen LogP contribution in [0.1, 0.15) is 0 Å². The first-order chi connectivity index (χ1) is 35.2. The average molecular weight is 940 g/mol. The van der Waals surface area contributed by atoms with Gasteiger partial charge >= 0.3 is 0 Å². The minimum Gasteiger partial charge on any atom is -0.309 e. The standard InChI is InChI=1S/C66H41N3S2/c1-3-21-44(22-4-1)67(55-33-17-31-53-49-27-13-15-35-61(49)70-65(53)55)57-40-59-63(51-29-11-9-25-47(51)57)64-52-30-12-10-26-48(52)58(41-60(64)69(59)46-38-37-42-19-7-8-20-43(42)39-46)68(45-23-5-2-6-24-45)56-34-18-32-54-50-28-14-16-36-62(50)71-66(54)56/h1-41H. The van der Waals surface area contributed by atoms with Crippen LogP contribution in [-0.4, -0.2) is 4.57 Å². The number of fused-ring (bicyclic) bond motifs is 14. The Labute approximate surface area is 417 Å². The molecule has 15 rings (SSSR count). The Kier molecular flexibility index (Phi) is 9.00. The van der Waals surface area contributed by atoms with E-state index in [0.29, 0.717) is 0 Å². The highest BCUT2D eigenvalue weighted by molar-refractivity contribution is 7.26. The highest BCUT2D eigenvalue weighted by atomic mass is 32.1. The molecule has 15 aromatic rings. The fraction of sp³-hybridized carbons (Fsp3) is 0. The van der Waals surface area contributed by atoms with E-state index < -0.39 is 0 Å². The van der Waals surface area contributed by atoms with Crippen molar-refractivity contribution in [3.63, 3.8) is 0 Å². The van der Waals surface area contributed by atoms with Crippen molar-refractivity contribution in [2.75, 3.05) is 9.80 Å². The summed E-state index contributed by atoms with van der Waals surface area (Å²) in [6.07, 6.45) is 0. The number of hydrogen-bond acceptors (Lipinski definition) is 4. The predicted molar refractivity (Wildman–Crippen MR) is 308 cm³/mol. The minimum atomic E-state index is 1.11. The highest BCUT2D eigenvalue weighted by Gasteiger charge is 2.27. The van der Waals surface area contributed by atoms with E-state index in [4.69, 9.17) is 0 Å². The second-order valence-corrected chi connectivity index (χ2v) is 20.5. The van der Waals surface area contributed by atoms with Gasteiger partial charge in [-0.05, 0) is 94.3 Å². The maximum absolute atomic E-state index is 2.55. The van der Waals surface area contributed by atoms with Crippen molar-refractivity contribution in [3.05, 3.63) is 249 Å². The molecule has 0 saturated carbocycles. The Balaban J connectivity index is 1.10. The van der Waals surface area contributed by atoms with Crippen LogP contribution in [0.5, 0.6) is 0 Å². The molecule has 0 fully saturated rings. The zero-order chi connectivity index (χ0) is 46.6. The van der Waals surface area contributed by atoms with Gasteiger partial charge in [0.25, 0.3) is 0 Å². The van der Waals surface area contributed by atoms with E-state index in [0.717, 1.165) is 50.8 Å². The van der Waals surface area contributed by atoms with Crippen LogP contribution >= 0.6 is 22.7 Å². The third-order valence-electron chi connectivity index (χ3n) is 14.5. The summed E-state index contributed by atoms with van der Waals surface area (Å²) in [5, 5.41) is 14.8. The number of nitrogens with zero attached hydrogens (tertiary/aromatic N) is 3. The summed E-state index contributed by atoms with van der Waals surface area (Å²) in [5.41, 5.74) is 10.2. The number of benzene rings is 12. The fourth-order valence-corrected chi connectivity index (χ4v) is 13.9. The van der Waals surface area contributed by atoms with E-state index in [-0.39, 0.29) is 0 Å². The molecule has 0 atom stereocenters. The van der Waals surface area contributed by atoms with Gasteiger partial charge in [-0.3, -0.25) is 0 Å². The fourth-order valence-electron chi connectivity index (χ4n) is 11.4. The van der Waals surface area contributed by atoms with Gasteiger partial charge in [0.15, 0.2) is 0 Å². The Morgan fingerprint density at radius 3 is 1.20 bits per heavy atom. The summed E-state index contributed by atoms with van der Waals surface area (Å²) in [6.45, 7) is 0. The second-order valence-electron chi connectivity index (χ2n) is 18.4. The third kappa shape index (κ3) is 6.13. The van der Waals surface area contributed by atoms with E-state index in [1.807, 2.05) is 22.7 Å². The molecule has 332 valence electrons. The number of hydrogen-bond donors (Lipinski definition) is 0. The Bertz CT molecular complexity index is 4350. The molecule has 0 aliphatic carbocycles. The zero-order valence-corrected chi connectivity index (χ0v) is 40.0. The van der Waals surface area contributed by atoms with Crippen molar-refractivity contribution in [3.8, 4) is 5.69 Å². The number of aromatic nitrogens is 1. The quantitative estimate of drug-likeness (QED) is 0.158. The molecule has 71 heavy (non-hydrogen) atoms. The van der Waals surface area contributed by atoms with Gasteiger partial charge in [-0.2, -0.15) is 0 Å². The molecule has 0 saturated heterocycles. The van der Waals surface area contributed by atoms with Crippen molar-refractivity contribution in [2.45, 2.75) is 0 Å². The van der Waals surface area contributed by atoms with Crippen LogP contribution in [0.15, 0.2) is 249 Å². The Morgan fingerprint density at radius 2 is 0.690 bits per heavy atom. The number of para-hydroxylation sites is 2. The van der Waals surface area contributed by atoms with Crippen molar-refractivity contribution >= 4 is 151 Å². The lowest BCUT2D eigenvalue weighted by Gasteiger charge is -2.28. The summed E-state index contributed by atoms with van der Waals surface area (Å²) in [6, 6.07) is 91.9. The topological polar surface area (TPSA) is 11.4 Å². The zero-order valence-electron chi connectivity index (χ0n) is 38.3. The molecule has 0 spiro atoms. The molecule has 0 aliphatic heterocycles. The number of anilines is 6. The molecule has 0 aliphatic rings. The summed E-state index contributed by atoms with van der Waals surface area (Å²) in [5.74, 6) is 0. The summed E-state index contributed by atoms with van der Waals surface area (Å²) in [4.78, 5) is 5.02. The van der Waals surface area contributed by atoms with Gasteiger partial charge in [0.1, 0.15) is 0 Å². The molecule has 0 amide bonds. The molecule has 0 unspecified atom stereocenters. The van der Waals surface area contributed by atoms with Crippen molar-refractivity contribution in [1.82, 2.24) is 4.57 Å². The normalized spacial score (nSPS) is 11.9. The van der Waals surface area contributed by atoms with E-state index in [1.54, 1.807) is 0 Å². The first-order valence-electron chi connectivity index (χ1n) is 24.2. The van der Waals surface area contributed by atoms with Crippen molar-refractivity contribution in [2.24, 2.45) is 0 Å². The van der Waals surface area contributed by atoms with Gasteiger partial charge in [0, 0.05) is 69.6 Å². The van der Waals surface area contributed by atoms with Gasteiger partial charge in [0.2, 0.25) is 0 Å².